The highest BCUT2D eigenvalue weighted by Gasteiger charge is 2.42. The van der Waals surface area contributed by atoms with Gasteiger partial charge in [0.25, 0.3) is 5.91 Å². The highest BCUT2D eigenvalue weighted by molar-refractivity contribution is 5.94. The standard InChI is InChI=1S/C17H25N3O3/c1-14(2)19-7-9-22-13-17(11-19)12-20(8-10-23-17)16(21)15-3-5-18-6-4-15/h3-6,14H,7-13H2,1-2H3/t17-/m1/s1. The van der Waals surface area contributed by atoms with Gasteiger partial charge in [-0.2, -0.15) is 0 Å². The van der Waals surface area contributed by atoms with Gasteiger partial charge in [0, 0.05) is 43.6 Å². The van der Waals surface area contributed by atoms with Gasteiger partial charge >= 0.3 is 0 Å². The first-order chi connectivity index (χ1) is 11.1. The van der Waals surface area contributed by atoms with Gasteiger partial charge < -0.3 is 14.4 Å². The normalized spacial score (nSPS) is 26.5. The molecule has 2 saturated heterocycles. The van der Waals surface area contributed by atoms with E-state index >= 15 is 0 Å². The SMILES string of the molecule is CC(C)N1CCOC[C@]2(CN(C(=O)c3ccncc3)CCO2)C1. The second kappa shape index (κ2) is 6.95. The van der Waals surface area contributed by atoms with Crippen molar-refractivity contribution in [2.45, 2.75) is 25.5 Å². The van der Waals surface area contributed by atoms with E-state index in [1.54, 1.807) is 24.5 Å². The summed E-state index contributed by atoms with van der Waals surface area (Å²) in [6.07, 6.45) is 3.30. The molecule has 126 valence electrons. The second-order valence-corrected chi connectivity index (χ2v) is 6.61. The van der Waals surface area contributed by atoms with E-state index in [1.165, 1.54) is 0 Å². The molecule has 0 bridgehead atoms. The molecular weight excluding hydrogens is 294 g/mol. The summed E-state index contributed by atoms with van der Waals surface area (Å²) < 4.78 is 11.9. The summed E-state index contributed by atoms with van der Waals surface area (Å²) in [6, 6.07) is 3.95. The van der Waals surface area contributed by atoms with Crippen molar-refractivity contribution in [1.29, 1.82) is 0 Å². The molecule has 0 radical (unpaired) electrons. The van der Waals surface area contributed by atoms with Gasteiger partial charge in [-0.3, -0.25) is 14.7 Å². The molecule has 0 saturated carbocycles. The maximum absolute atomic E-state index is 12.7. The van der Waals surface area contributed by atoms with Crippen molar-refractivity contribution < 1.29 is 14.3 Å². The maximum atomic E-state index is 12.7. The number of hydrogen-bond donors (Lipinski definition) is 0. The Morgan fingerprint density at radius 1 is 1.22 bits per heavy atom. The average Bonchev–Trinajstić information content (AvgIpc) is 2.78. The van der Waals surface area contributed by atoms with E-state index in [1.807, 2.05) is 4.90 Å². The van der Waals surface area contributed by atoms with Crippen LogP contribution in [0.4, 0.5) is 0 Å². The largest absolute Gasteiger partial charge is 0.377 e. The first-order valence-corrected chi connectivity index (χ1v) is 8.25. The predicted octanol–water partition coefficient (Wildman–Crippen LogP) is 1.03. The summed E-state index contributed by atoms with van der Waals surface area (Å²) in [4.78, 5) is 20.9. The number of nitrogens with zero attached hydrogens (tertiary/aromatic N) is 3. The summed E-state index contributed by atoms with van der Waals surface area (Å²) in [6.45, 7) is 9.04. The first-order valence-electron chi connectivity index (χ1n) is 8.25. The van der Waals surface area contributed by atoms with Crippen molar-refractivity contribution in [3.8, 4) is 0 Å². The summed E-state index contributed by atoms with van der Waals surface area (Å²) >= 11 is 0. The topological polar surface area (TPSA) is 54.9 Å². The second-order valence-electron chi connectivity index (χ2n) is 6.61. The highest BCUT2D eigenvalue weighted by atomic mass is 16.5. The van der Waals surface area contributed by atoms with Gasteiger partial charge in [0.15, 0.2) is 0 Å². The Morgan fingerprint density at radius 3 is 2.74 bits per heavy atom. The molecule has 1 atom stereocenters. The van der Waals surface area contributed by atoms with Crippen LogP contribution in [0.2, 0.25) is 0 Å². The number of morpholine rings is 1. The van der Waals surface area contributed by atoms with Gasteiger partial charge in [0.1, 0.15) is 5.60 Å². The van der Waals surface area contributed by atoms with Gasteiger partial charge in [0.05, 0.1) is 26.4 Å². The lowest BCUT2D eigenvalue weighted by atomic mass is 10.0. The van der Waals surface area contributed by atoms with Crippen LogP contribution >= 0.6 is 0 Å². The van der Waals surface area contributed by atoms with Crippen LogP contribution in [0.3, 0.4) is 0 Å². The average molecular weight is 319 g/mol. The summed E-state index contributed by atoms with van der Waals surface area (Å²) in [5.41, 5.74) is 0.245. The zero-order valence-electron chi connectivity index (χ0n) is 13.9. The third-order valence-electron chi connectivity index (χ3n) is 4.57. The third-order valence-corrected chi connectivity index (χ3v) is 4.57. The predicted molar refractivity (Wildman–Crippen MR) is 86.4 cm³/mol. The molecule has 6 heteroatoms. The van der Waals surface area contributed by atoms with E-state index in [-0.39, 0.29) is 5.91 Å². The molecule has 2 fully saturated rings. The van der Waals surface area contributed by atoms with E-state index in [0.29, 0.717) is 44.5 Å². The molecule has 2 aliphatic heterocycles. The van der Waals surface area contributed by atoms with Crippen molar-refractivity contribution >= 4 is 5.91 Å². The van der Waals surface area contributed by atoms with Crippen LogP contribution in [-0.4, -0.2) is 78.3 Å². The molecule has 0 unspecified atom stereocenters. The number of ether oxygens (including phenoxy) is 2. The molecule has 0 aromatic carbocycles. The summed E-state index contributed by atoms with van der Waals surface area (Å²) in [5, 5.41) is 0. The lowest BCUT2D eigenvalue weighted by Gasteiger charge is -2.44. The molecule has 1 aromatic heterocycles. The molecule has 0 aliphatic carbocycles. The van der Waals surface area contributed by atoms with Crippen molar-refractivity contribution in [3.63, 3.8) is 0 Å². The third kappa shape index (κ3) is 3.71. The van der Waals surface area contributed by atoms with E-state index in [9.17, 15) is 4.79 Å². The van der Waals surface area contributed by atoms with Crippen molar-refractivity contribution in [2.24, 2.45) is 0 Å². The minimum Gasteiger partial charge on any atom is -0.377 e. The number of aromatic nitrogens is 1. The summed E-state index contributed by atoms with van der Waals surface area (Å²) in [7, 11) is 0. The van der Waals surface area contributed by atoms with Gasteiger partial charge in [-0.15, -0.1) is 0 Å². The molecule has 3 rings (SSSR count). The number of pyridine rings is 1. The van der Waals surface area contributed by atoms with Crippen LogP contribution in [0.1, 0.15) is 24.2 Å². The van der Waals surface area contributed by atoms with Crippen LogP contribution < -0.4 is 0 Å². The zero-order valence-corrected chi connectivity index (χ0v) is 13.9. The minimum absolute atomic E-state index is 0.0374. The van der Waals surface area contributed by atoms with Crippen LogP contribution in [0, 0.1) is 0 Å². The van der Waals surface area contributed by atoms with Crippen LogP contribution in [0.25, 0.3) is 0 Å². The Labute approximate surface area is 137 Å². The lowest BCUT2D eigenvalue weighted by Crippen LogP contribution is -2.60. The number of rotatable bonds is 2. The molecule has 1 aromatic rings. The number of carbonyl (C=O) groups excluding carboxylic acids is 1. The lowest BCUT2D eigenvalue weighted by molar-refractivity contribution is -0.134. The molecule has 6 nitrogen and oxygen atoms in total. The smallest absolute Gasteiger partial charge is 0.254 e. The summed E-state index contributed by atoms with van der Waals surface area (Å²) in [5.74, 6) is 0.0374. The molecule has 2 aliphatic rings. The van der Waals surface area contributed by atoms with Gasteiger partial charge in [-0.1, -0.05) is 0 Å². The van der Waals surface area contributed by atoms with E-state index in [0.717, 1.165) is 13.1 Å². The van der Waals surface area contributed by atoms with Crippen molar-refractivity contribution in [2.75, 3.05) is 46.0 Å². The molecule has 3 heterocycles. The zero-order chi connectivity index (χ0) is 16.3. The fraction of sp³-hybridized carbons (Fsp3) is 0.647. The van der Waals surface area contributed by atoms with Gasteiger partial charge in [-0.05, 0) is 26.0 Å². The van der Waals surface area contributed by atoms with E-state index in [4.69, 9.17) is 9.47 Å². The van der Waals surface area contributed by atoms with Crippen molar-refractivity contribution in [3.05, 3.63) is 30.1 Å². The van der Waals surface area contributed by atoms with Gasteiger partial charge in [-0.25, -0.2) is 0 Å². The fourth-order valence-electron chi connectivity index (χ4n) is 3.25. The molecule has 1 amide bonds. The van der Waals surface area contributed by atoms with E-state index < -0.39 is 5.60 Å². The highest BCUT2D eigenvalue weighted by Crippen LogP contribution is 2.24. The Bertz CT molecular complexity index is 537. The number of carbonyl (C=O) groups is 1. The Hall–Kier alpha value is -1.50. The van der Waals surface area contributed by atoms with Gasteiger partial charge in [0.2, 0.25) is 0 Å². The minimum atomic E-state index is -0.429. The Kier molecular flexibility index (Phi) is 4.94. The molecular formula is C17H25N3O3. The molecule has 1 spiro atoms. The Morgan fingerprint density at radius 2 is 2.00 bits per heavy atom. The monoisotopic (exact) mass is 319 g/mol. The number of hydrogen-bond acceptors (Lipinski definition) is 5. The van der Waals surface area contributed by atoms with E-state index in [2.05, 4.69) is 23.7 Å². The van der Waals surface area contributed by atoms with Crippen LogP contribution in [-0.2, 0) is 9.47 Å². The molecule has 0 N–H and O–H groups in total. The molecule has 23 heavy (non-hydrogen) atoms. The quantitative estimate of drug-likeness (QED) is 0.815. The Balaban J connectivity index is 1.75. The fourth-order valence-corrected chi connectivity index (χ4v) is 3.25. The first kappa shape index (κ1) is 16.4. The van der Waals surface area contributed by atoms with Crippen molar-refractivity contribution in [1.82, 2.24) is 14.8 Å². The number of amides is 1. The maximum Gasteiger partial charge on any atom is 0.254 e. The van der Waals surface area contributed by atoms with Crippen LogP contribution in [0.15, 0.2) is 24.5 Å². The van der Waals surface area contributed by atoms with Crippen LogP contribution in [0.5, 0.6) is 0 Å².